The van der Waals surface area contributed by atoms with E-state index in [9.17, 15) is 8.42 Å². The highest BCUT2D eigenvalue weighted by Gasteiger charge is 2.31. The first-order valence-electron chi connectivity index (χ1n) is 6.20. The van der Waals surface area contributed by atoms with E-state index in [0.717, 1.165) is 12.8 Å². The first-order chi connectivity index (χ1) is 9.36. The lowest BCUT2D eigenvalue weighted by Crippen LogP contribution is -2.40. The normalized spacial score (nSPS) is 22.6. The quantitative estimate of drug-likeness (QED) is 0.922. The molecule has 1 aliphatic rings. The molecule has 1 aliphatic heterocycles. The molecule has 0 amide bonds. The summed E-state index contributed by atoms with van der Waals surface area (Å²) in [5.41, 5.74) is -0.232. The van der Waals surface area contributed by atoms with Gasteiger partial charge in [0.1, 0.15) is 4.90 Å². The van der Waals surface area contributed by atoms with Gasteiger partial charge in [0.05, 0.1) is 22.3 Å². The molecular weight excluding hydrogens is 300 g/mol. The minimum atomic E-state index is -3.76. The molecule has 0 bridgehead atoms. The van der Waals surface area contributed by atoms with Gasteiger partial charge in [-0.15, -0.1) is 0 Å². The van der Waals surface area contributed by atoms with Crippen molar-refractivity contribution in [3.8, 4) is 6.07 Å². The van der Waals surface area contributed by atoms with Crippen LogP contribution >= 0.6 is 11.6 Å². The van der Waals surface area contributed by atoms with Gasteiger partial charge in [-0.3, -0.25) is 0 Å². The molecule has 108 valence electrons. The minimum Gasteiger partial charge on any atom is -0.374 e. The number of sulfonamides is 1. The SMILES string of the molecule is CC1(CNS(=O)(=O)c2cc(C#N)ccc2Cl)CCCO1. The minimum absolute atomic E-state index is 0.0835. The van der Waals surface area contributed by atoms with E-state index in [1.807, 2.05) is 13.0 Å². The molecule has 0 aromatic heterocycles. The molecule has 1 unspecified atom stereocenters. The van der Waals surface area contributed by atoms with Crippen molar-refractivity contribution in [3.05, 3.63) is 28.8 Å². The molecule has 1 aromatic rings. The van der Waals surface area contributed by atoms with Gasteiger partial charge in [0.25, 0.3) is 0 Å². The number of nitriles is 1. The van der Waals surface area contributed by atoms with E-state index >= 15 is 0 Å². The second-order valence-electron chi connectivity index (χ2n) is 4.98. The summed E-state index contributed by atoms with van der Waals surface area (Å²) >= 11 is 5.91. The predicted molar refractivity (Wildman–Crippen MR) is 74.9 cm³/mol. The van der Waals surface area contributed by atoms with Gasteiger partial charge < -0.3 is 4.74 Å². The zero-order valence-corrected chi connectivity index (χ0v) is 12.6. The summed E-state index contributed by atoms with van der Waals surface area (Å²) < 4.78 is 32.6. The Bertz CT molecular complexity index is 646. The maximum atomic E-state index is 12.3. The highest BCUT2D eigenvalue weighted by molar-refractivity contribution is 7.89. The molecule has 20 heavy (non-hydrogen) atoms. The average molecular weight is 315 g/mol. The molecule has 1 atom stereocenters. The molecule has 7 heteroatoms. The van der Waals surface area contributed by atoms with Crippen LogP contribution in [-0.2, 0) is 14.8 Å². The molecule has 0 radical (unpaired) electrons. The summed E-state index contributed by atoms with van der Waals surface area (Å²) in [6, 6.07) is 6.04. The molecule has 2 rings (SSSR count). The van der Waals surface area contributed by atoms with Gasteiger partial charge >= 0.3 is 0 Å². The largest absolute Gasteiger partial charge is 0.374 e. The maximum Gasteiger partial charge on any atom is 0.242 e. The molecule has 0 aliphatic carbocycles. The number of halogens is 1. The van der Waals surface area contributed by atoms with Crippen molar-refractivity contribution in [2.24, 2.45) is 0 Å². The number of hydrogen-bond donors (Lipinski definition) is 1. The van der Waals surface area contributed by atoms with Crippen LogP contribution in [0.4, 0.5) is 0 Å². The first kappa shape index (κ1) is 15.3. The lowest BCUT2D eigenvalue weighted by molar-refractivity contribution is 0.0250. The highest BCUT2D eigenvalue weighted by atomic mass is 35.5. The maximum absolute atomic E-state index is 12.3. The van der Waals surface area contributed by atoms with Gasteiger partial charge in [0, 0.05) is 13.2 Å². The van der Waals surface area contributed by atoms with E-state index in [1.54, 1.807) is 0 Å². The van der Waals surface area contributed by atoms with Crippen molar-refractivity contribution in [1.29, 1.82) is 5.26 Å². The summed E-state index contributed by atoms with van der Waals surface area (Å²) in [5, 5.41) is 8.93. The zero-order chi connectivity index (χ0) is 14.8. The van der Waals surface area contributed by atoms with Gasteiger partial charge in [0.2, 0.25) is 10.0 Å². The molecule has 1 saturated heterocycles. The van der Waals surface area contributed by atoms with E-state index in [-0.39, 0.29) is 22.0 Å². The summed E-state index contributed by atoms with van der Waals surface area (Å²) in [4.78, 5) is -0.0835. The van der Waals surface area contributed by atoms with Crippen LogP contribution < -0.4 is 4.72 Å². The smallest absolute Gasteiger partial charge is 0.242 e. The Hall–Kier alpha value is -1.13. The van der Waals surface area contributed by atoms with Gasteiger partial charge in [-0.1, -0.05) is 11.6 Å². The third kappa shape index (κ3) is 3.30. The highest BCUT2D eigenvalue weighted by Crippen LogP contribution is 2.26. The first-order valence-corrected chi connectivity index (χ1v) is 8.06. The van der Waals surface area contributed by atoms with Crippen molar-refractivity contribution >= 4 is 21.6 Å². The molecule has 1 aromatic carbocycles. The number of nitrogens with zero attached hydrogens (tertiary/aromatic N) is 1. The summed E-state index contributed by atoms with van der Waals surface area (Å²) in [6.07, 6.45) is 1.73. The fourth-order valence-electron chi connectivity index (χ4n) is 2.08. The molecule has 1 N–H and O–H groups in total. The summed E-state index contributed by atoms with van der Waals surface area (Å²) in [7, 11) is -3.76. The Morgan fingerprint density at radius 2 is 2.30 bits per heavy atom. The van der Waals surface area contributed by atoms with Gasteiger partial charge in [-0.05, 0) is 38.0 Å². The van der Waals surface area contributed by atoms with Gasteiger partial charge in [-0.25, -0.2) is 13.1 Å². The Morgan fingerprint density at radius 3 is 2.90 bits per heavy atom. The zero-order valence-electron chi connectivity index (χ0n) is 11.0. The van der Waals surface area contributed by atoms with Crippen molar-refractivity contribution in [2.75, 3.05) is 13.2 Å². The van der Waals surface area contributed by atoms with E-state index in [4.69, 9.17) is 21.6 Å². The Labute approximate surface area is 123 Å². The lowest BCUT2D eigenvalue weighted by atomic mass is 10.0. The molecule has 5 nitrogen and oxygen atoms in total. The third-order valence-electron chi connectivity index (χ3n) is 3.29. The third-order valence-corrected chi connectivity index (χ3v) is 5.17. The Kier molecular flexibility index (Phi) is 4.35. The lowest BCUT2D eigenvalue weighted by Gasteiger charge is -2.23. The molecule has 0 spiro atoms. The number of nitrogens with one attached hydrogen (secondary N) is 1. The van der Waals surface area contributed by atoms with E-state index in [2.05, 4.69) is 4.72 Å². The van der Waals surface area contributed by atoms with Crippen LogP contribution in [0.15, 0.2) is 23.1 Å². The Balaban J connectivity index is 2.20. The van der Waals surface area contributed by atoms with Crippen LogP contribution in [0.25, 0.3) is 0 Å². The second-order valence-corrected chi connectivity index (χ2v) is 7.13. The molecule has 1 heterocycles. The molecule has 0 saturated carbocycles. The van der Waals surface area contributed by atoms with Gasteiger partial charge in [-0.2, -0.15) is 5.26 Å². The second kappa shape index (κ2) is 5.70. The van der Waals surface area contributed by atoms with Crippen LogP contribution in [0, 0.1) is 11.3 Å². The summed E-state index contributed by atoms with van der Waals surface area (Å²) in [6.45, 7) is 2.70. The fraction of sp³-hybridized carbons (Fsp3) is 0.462. The van der Waals surface area contributed by atoms with E-state index in [0.29, 0.717) is 6.61 Å². The predicted octanol–water partition coefficient (Wildman–Crippen LogP) is 2.06. The molecular formula is C13H15ClN2O3S. The van der Waals surface area contributed by atoms with Crippen molar-refractivity contribution in [3.63, 3.8) is 0 Å². The van der Waals surface area contributed by atoms with E-state index in [1.165, 1.54) is 18.2 Å². The standard InChI is InChI=1S/C13H15ClN2O3S/c1-13(5-2-6-19-13)9-16-20(17,18)12-7-10(8-15)3-4-11(12)14/h3-4,7,16H,2,5-6,9H2,1H3. The van der Waals surface area contributed by atoms with Crippen molar-refractivity contribution in [1.82, 2.24) is 4.72 Å². The summed E-state index contributed by atoms with van der Waals surface area (Å²) in [5.74, 6) is 0. The van der Waals surface area contributed by atoms with E-state index < -0.39 is 15.6 Å². The molecule has 1 fully saturated rings. The average Bonchev–Trinajstić information content (AvgIpc) is 2.85. The Morgan fingerprint density at radius 1 is 1.55 bits per heavy atom. The van der Waals surface area contributed by atoms with Crippen molar-refractivity contribution < 1.29 is 13.2 Å². The topological polar surface area (TPSA) is 79.2 Å². The van der Waals surface area contributed by atoms with Crippen LogP contribution in [0.5, 0.6) is 0 Å². The number of rotatable bonds is 4. The number of hydrogen-bond acceptors (Lipinski definition) is 4. The van der Waals surface area contributed by atoms with Crippen molar-refractivity contribution in [2.45, 2.75) is 30.3 Å². The van der Waals surface area contributed by atoms with Crippen LogP contribution in [0.3, 0.4) is 0 Å². The van der Waals surface area contributed by atoms with Crippen LogP contribution in [0.1, 0.15) is 25.3 Å². The number of benzene rings is 1. The van der Waals surface area contributed by atoms with Crippen LogP contribution in [0.2, 0.25) is 5.02 Å². The van der Waals surface area contributed by atoms with Gasteiger partial charge in [0.15, 0.2) is 0 Å². The number of ether oxygens (including phenoxy) is 1. The fourth-order valence-corrected chi connectivity index (χ4v) is 3.76. The van der Waals surface area contributed by atoms with Crippen LogP contribution in [-0.4, -0.2) is 27.2 Å². The monoisotopic (exact) mass is 314 g/mol.